The van der Waals surface area contributed by atoms with Gasteiger partial charge in [0, 0.05) is 11.9 Å². The zero-order chi connectivity index (χ0) is 25.3. The lowest BCUT2D eigenvalue weighted by Crippen LogP contribution is -2.38. The molecule has 3 aromatic carbocycles. The van der Waals surface area contributed by atoms with E-state index in [9.17, 15) is 18.0 Å². The van der Waals surface area contributed by atoms with Crippen molar-refractivity contribution in [3.8, 4) is 11.4 Å². The smallest absolute Gasteiger partial charge is 0.418 e. The molecule has 1 N–H and O–H groups in total. The Morgan fingerprint density at radius 1 is 0.972 bits per heavy atom. The van der Waals surface area contributed by atoms with Crippen molar-refractivity contribution < 1.29 is 22.7 Å². The summed E-state index contributed by atoms with van der Waals surface area (Å²) in [5, 5.41) is 2.53. The molecule has 0 bridgehead atoms. The summed E-state index contributed by atoms with van der Waals surface area (Å²) in [5.41, 5.74) is 2.25. The highest BCUT2D eigenvalue weighted by atomic mass is 19.4. The van der Waals surface area contributed by atoms with Gasteiger partial charge in [0.1, 0.15) is 5.75 Å². The molecule has 1 aromatic heterocycles. The molecule has 0 radical (unpaired) electrons. The van der Waals surface area contributed by atoms with E-state index in [0.717, 1.165) is 28.6 Å². The number of urea groups is 1. The lowest BCUT2D eigenvalue weighted by Gasteiger charge is -2.31. The number of benzene rings is 3. The molecule has 2 amide bonds. The van der Waals surface area contributed by atoms with Crippen molar-refractivity contribution in [2.24, 2.45) is 0 Å². The Balaban J connectivity index is 1.60. The molecule has 8 heteroatoms. The minimum Gasteiger partial charge on any atom is -0.494 e. The fourth-order valence-electron chi connectivity index (χ4n) is 4.63. The normalized spacial score (nSPS) is 15.0. The predicted molar refractivity (Wildman–Crippen MR) is 131 cm³/mol. The van der Waals surface area contributed by atoms with Gasteiger partial charge in [-0.15, -0.1) is 0 Å². The maximum atomic E-state index is 13.7. The van der Waals surface area contributed by atoms with E-state index in [-0.39, 0.29) is 12.2 Å². The average Bonchev–Trinajstić information content (AvgIpc) is 3.29. The molecule has 5 rings (SSSR count). The number of nitrogens with zero attached hydrogens (tertiary/aromatic N) is 2. The van der Waals surface area contributed by atoms with Gasteiger partial charge in [0.15, 0.2) is 0 Å². The molecule has 4 aromatic rings. The van der Waals surface area contributed by atoms with Gasteiger partial charge in [-0.2, -0.15) is 13.2 Å². The van der Waals surface area contributed by atoms with Crippen LogP contribution in [0.25, 0.3) is 5.69 Å². The minimum absolute atomic E-state index is 0.204. The van der Waals surface area contributed by atoms with Crippen LogP contribution in [0.2, 0.25) is 0 Å². The second-order valence-electron chi connectivity index (χ2n) is 8.44. The molecule has 1 aliphatic heterocycles. The van der Waals surface area contributed by atoms with E-state index in [2.05, 4.69) is 5.32 Å². The number of ether oxygens (including phenoxy) is 1. The molecule has 2 heterocycles. The largest absolute Gasteiger partial charge is 0.494 e. The van der Waals surface area contributed by atoms with Crippen LogP contribution in [-0.2, 0) is 12.7 Å². The Bertz CT molecular complexity index is 1380. The van der Waals surface area contributed by atoms with Gasteiger partial charge in [-0.25, -0.2) is 4.79 Å². The number of rotatable bonds is 4. The molecule has 184 valence electrons. The van der Waals surface area contributed by atoms with Crippen LogP contribution in [0.3, 0.4) is 0 Å². The van der Waals surface area contributed by atoms with Crippen molar-refractivity contribution in [3.05, 3.63) is 114 Å². The maximum Gasteiger partial charge on any atom is 0.418 e. The first-order chi connectivity index (χ1) is 17.4. The van der Waals surface area contributed by atoms with E-state index in [0.29, 0.717) is 12.4 Å². The van der Waals surface area contributed by atoms with E-state index in [1.165, 1.54) is 18.2 Å². The molecular weight excluding hydrogens is 467 g/mol. The van der Waals surface area contributed by atoms with Crippen molar-refractivity contribution in [1.82, 2.24) is 9.47 Å². The summed E-state index contributed by atoms with van der Waals surface area (Å²) < 4.78 is 48.5. The maximum absolute atomic E-state index is 13.7. The summed E-state index contributed by atoms with van der Waals surface area (Å²) >= 11 is 0. The summed E-state index contributed by atoms with van der Waals surface area (Å²) in [4.78, 5) is 15.3. The number of aromatic nitrogens is 1. The van der Waals surface area contributed by atoms with Crippen LogP contribution in [0.1, 0.15) is 35.3 Å². The lowest BCUT2D eigenvalue weighted by molar-refractivity contribution is -0.136. The molecule has 0 saturated carbocycles. The van der Waals surface area contributed by atoms with E-state index >= 15 is 0 Å². The summed E-state index contributed by atoms with van der Waals surface area (Å²) in [7, 11) is 0. The van der Waals surface area contributed by atoms with E-state index in [4.69, 9.17) is 4.74 Å². The molecule has 5 nitrogen and oxygen atoms in total. The zero-order valence-electron chi connectivity index (χ0n) is 19.5. The third-order valence-corrected chi connectivity index (χ3v) is 6.21. The molecular formula is C28H24F3N3O2. The molecule has 0 saturated heterocycles. The number of hydrogen-bond acceptors (Lipinski definition) is 2. The fourth-order valence-corrected chi connectivity index (χ4v) is 4.63. The third-order valence-electron chi connectivity index (χ3n) is 6.21. The average molecular weight is 492 g/mol. The van der Waals surface area contributed by atoms with Crippen LogP contribution in [0.4, 0.5) is 23.7 Å². The first-order valence-electron chi connectivity index (χ1n) is 11.6. The number of alkyl halides is 3. The fraction of sp³-hybridized carbons (Fsp3) is 0.179. The summed E-state index contributed by atoms with van der Waals surface area (Å²) in [6.07, 6.45) is -2.67. The number of amides is 2. The van der Waals surface area contributed by atoms with Crippen LogP contribution < -0.4 is 10.1 Å². The summed E-state index contributed by atoms with van der Waals surface area (Å²) in [6, 6.07) is 22.8. The number of anilines is 1. The van der Waals surface area contributed by atoms with Crippen molar-refractivity contribution in [2.45, 2.75) is 25.7 Å². The van der Waals surface area contributed by atoms with Gasteiger partial charge in [0.2, 0.25) is 0 Å². The van der Waals surface area contributed by atoms with Gasteiger partial charge >= 0.3 is 12.2 Å². The van der Waals surface area contributed by atoms with E-state index in [1.54, 1.807) is 4.90 Å². The second-order valence-corrected chi connectivity index (χ2v) is 8.44. The number of hydrogen-bond donors (Lipinski definition) is 1. The minimum atomic E-state index is -4.60. The predicted octanol–water partition coefficient (Wildman–Crippen LogP) is 7.03. The Labute approximate surface area is 206 Å². The number of carbonyl (C=O) groups excluding carboxylic acids is 1. The summed E-state index contributed by atoms with van der Waals surface area (Å²) in [6.45, 7) is 2.62. The third kappa shape index (κ3) is 4.42. The van der Waals surface area contributed by atoms with Crippen LogP contribution in [0, 0.1) is 0 Å². The second kappa shape index (κ2) is 9.45. The van der Waals surface area contributed by atoms with Gasteiger partial charge in [-0.1, -0.05) is 42.5 Å². The summed E-state index contributed by atoms with van der Waals surface area (Å²) in [5.74, 6) is 0.698. The number of para-hydroxylation sites is 2. The topological polar surface area (TPSA) is 46.5 Å². The SMILES string of the molecule is CCOc1ccc(C2c3cccn3-c3ccccc3CN2C(=O)Nc2ccccc2C(F)(F)F)cc1. The number of halogens is 3. The molecule has 0 fully saturated rings. The Morgan fingerprint density at radius 3 is 2.44 bits per heavy atom. The van der Waals surface area contributed by atoms with Crippen molar-refractivity contribution in [1.29, 1.82) is 0 Å². The first-order valence-corrected chi connectivity index (χ1v) is 11.6. The van der Waals surface area contributed by atoms with Crippen molar-refractivity contribution in [2.75, 3.05) is 11.9 Å². The van der Waals surface area contributed by atoms with E-state index < -0.39 is 23.8 Å². The monoisotopic (exact) mass is 491 g/mol. The first kappa shape index (κ1) is 23.5. The van der Waals surface area contributed by atoms with Crippen molar-refractivity contribution >= 4 is 11.7 Å². The number of nitrogens with one attached hydrogen (secondary N) is 1. The Hall–Kier alpha value is -4.20. The van der Waals surface area contributed by atoms with Crippen LogP contribution in [0.5, 0.6) is 5.75 Å². The van der Waals surface area contributed by atoms with Gasteiger partial charge in [0.05, 0.1) is 36.1 Å². The zero-order valence-corrected chi connectivity index (χ0v) is 19.5. The standard InChI is InChI=1S/C28H24F3N3O2/c1-2-36-21-15-13-19(14-16-21)26-25-12-7-17-33(25)24-11-6-3-8-20(24)18-34(26)27(35)32-23-10-5-4-9-22(23)28(29,30)31/h3-17,26H,2,18H2,1H3,(H,32,35). The lowest BCUT2D eigenvalue weighted by atomic mass is 10.0. The molecule has 1 atom stereocenters. The van der Waals surface area contributed by atoms with E-state index in [1.807, 2.05) is 78.4 Å². The highest BCUT2D eigenvalue weighted by Gasteiger charge is 2.36. The Morgan fingerprint density at radius 2 is 1.69 bits per heavy atom. The van der Waals surface area contributed by atoms with Gasteiger partial charge in [0.25, 0.3) is 0 Å². The van der Waals surface area contributed by atoms with Crippen LogP contribution >= 0.6 is 0 Å². The van der Waals surface area contributed by atoms with Gasteiger partial charge < -0.3 is 19.5 Å². The number of carbonyl (C=O) groups is 1. The quantitative estimate of drug-likeness (QED) is 0.333. The van der Waals surface area contributed by atoms with Crippen molar-refractivity contribution in [3.63, 3.8) is 0 Å². The molecule has 36 heavy (non-hydrogen) atoms. The molecule has 0 spiro atoms. The highest BCUT2D eigenvalue weighted by Crippen LogP contribution is 2.39. The molecule has 1 unspecified atom stereocenters. The molecule has 0 aliphatic carbocycles. The molecule has 1 aliphatic rings. The number of fused-ring (bicyclic) bond motifs is 3. The van der Waals surface area contributed by atoms with Crippen LogP contribution in [0.15, 0.2) is 91.1 Å². The highest BCUT2D eigenvalue weighted by molar-refractivity contribution is 5.91. The Kier molecular flexibility index (Phi) is 6.18. The van der Waals surface area contributed by atoms with Crippen LogP contribution in [-0.4, -0.2) is 22.1 Å². The van der Waals surface area contributed by atoms with Gasteiger partial charge in [-0.05, 0) is 60.5 Å². The van der Waals surface area contributed by atoms with Gasteiger partial charge in [-0.3, -0.25) is 0 Å².